The zero-order valence-corrected chi connectivity index (χ0v) is 49.9. The van der Waals surface area contributed by atoms with E-state index >= 15 is 0 Å². The molecule has 8 aliphatic rings. The van der Waals surface area contributed by atoms with Crippen LogP contribution in [0, 0.1) is 48.3 Å². The van der Waals surface area contributed by atoms with Gasteiger partial charge in [0.1, 0.15) is 12.1 Å². The molecular weight excluding hydrogens is 1070 g/mol. The fourth-order valence-corrected chi connectivity index (χ4v) is 15.2. The molecule has 81 heavy (non-hydrogen) atoms. The van der Waals surface area contributed by atoms with Crippen LogP contribution in [0.3, 0.4) is 0 Å². The number of hydrogen-bond acceptors (Lipinski definition) is 14. The first-order valence-electron chi connectivity index (χ1n) is 28.2. The fraction of sp³-hybridized carbons (Fsp3) is 0.541. The summed E-state index contributed by atoms with van der Waals surface area (Å²) in [6, 6.07) is 29.4. The number of aryl methyl sites for hydroxylation is 2. The van der Waals surface area contributed by atoms with Crippen LogP contribution in [-0.4, -0.2) is 106 Å². The summed E-state index contributed by atoms with van der Waals surface area (Å²) in [5.41, 5.74) is 4.43. The normalized spacial score (nSPS) is 26.8. The molecule has 16 nitrogen and oxygen atoms in total. The summed E-state index contributed by atoms with van der Waals surface area (Å²) in [6.45, 7) is 19.5. The lowest BCUT2D eigenvalue weighted by Crippen LogP contribution is -2.65. The second-order valence-electron chi connectivity index (χ2n) is 23.9. The molecule has 4 aromatic carbocycles. The Morgan fingerprint density at radius 1 is 0.691 bits per heavy atom. The number of hydrogen-bond donors (Lipinski definition) is 2. The molecule has 6 aliphatic carbocycles. The van der Waals surface area contributed by atoms with Gasteiger partial charge in [0.2, 0.25) is 20.0 Å². The van der Waals surface area contributed by atoms with Crippen molar-refractivity contribution >= 4 is 46.8 Å². The maximum atomic E-state index is 13.3. The minimum atomic E-state index is -4.01. The van der Waals surface area contributed by atoms with Gasteiger partial charge in [0.05, 0.1) is 73.3 Å². The van der Waals surface area contributed by atoms with Crippen LogP contribution in [0.2, 0.25) is 6.32 Å². The van der Waals surface area contributed by atoms with Crippen molar-refractivity contribution < 1.29 is 64.0 Å². The van der Waals surface area contributed by atoms with Gasteiger partial charge in [-0.15, -0.1) is 6.58 Å². The molecule has 2 aliphatic heterocycles. The maximum Gasteiger partial charge on any atom is 0.488 e. The summed E-state index contributed by atoms with van der Waals surface area (Å²) >= 11 is 0. The predicted octanol–water partition coefficient (Wildman–Crippen LogP) is 9.26. The molecular formula is C61H81B2N2O14S2. The lowest BCUT2D eigenvalue weighted by Gasteiger charge is -2.64. The Hall–Kier alpha value is -4.73. The number of ether oxygens (including phenoxy) is 4. The van der Waals surface area contributed by atoms with Crippen molar-refractivity contribution in [3.63, 3.8) is 0 Å². The van der Waals surface area contributed by atoms with E-state index in [0.717, 1.165) is 34.6 Å². The second-order valence-corrected chi connectivity index (χ2v) is 27.3. The van der Waals surface area contributed by atoms with E-state index in [2.05, 4.69) is 50.6 Å². The Morgan fingerprint density at radius 3 is 1.69 bits per heavy atom. The van der Waals surface area contributed by atoms with E-state index in [1.54, 1.807) is 38.0 Å². The van der Waals surface area contributed by atoms with Crippen LogP contribution in [-0.2, 0) is 80.4 Å². The van der Waals surface area contributed by atoms with E-state index in [1.165, 1.54) is 57.7 Å². The number of esters is 2. The number of methoxy groups -OCH3 is 2. The smallest absolute Gasteiger partial charge is 0.468 e. The van der Waals surface area contributed by atoms with Crippen LogP contribution in [0.1, 0.15) is 102 Å². The first-order chi connectivity index (χ1) is 38.5. The molecule has 0 unspecified atom stereocenters. The summed E-state index contributed by atoms with van der Waals surface area (Å²) in [5.74, 6) is 1.33. The molecule has 0 amide bonds. The molecule has 0 spiro atoms. The number of carbonyl (C=O) groups excluding carboxylic acids is 2. The fourth-order valence-electron chi connectivity index (χ4n) is 12.8. The van der Waals surface area contributed by atoms with Crippen LogP contribution in [0.15, 0.2) is 132 Å². The van der Waals surface area contributed by atoms with Gasteiger partial charge in [0.25, 0.3) is 0 Å². The molecule has 12 atom stereocenters. The monoisotopic (exact) mass is 1150 g/mol. The molecule has 12 rings (SSSR count). The molecule has 2 heterocycles. The average molecular weight is 1150 g/mol. The van der Waals surface area contributed by atoms with E-state index in [0.29, 0.717) is 53.8 Å². The van der Waals surface area contributed by atoms with Gasteiger partial charge in [-0.25, -0.2) is 16.8 Å². The highest BCUT2D eigenvalue weighted by molar-refractivity contribution is 7.89. The van der Waals surface area contributed by atoms with Crippen LogP contribution < -0.4 is 9.44 Å². The second kappa shape index (κ2) is 26.5. The van der Waals surface area contributed by atoms with E-state index < -0.39 is 56.3 Å². The number of benzene rings is 4. The van der Waals surface area contributed by atoms with Gasteiger partial charge < -0.3 is 37.6 Å². The van der Waals surface area contributed by atoms with Crippen molar-refractivity contribution in [2.75, 3.05) is 14.2 Å². The third-order valence-electron chi connectivity index (χ3n) is 18.1. The zero-order chi connectivity index (χ0) is 58.3. The lowest BCUT2D eigenvalue weighted by atomic mass is 9.43. The highest BCUT2D eigenvalue weighted by atomic mass is 32.2. The average Bonchev–Trinajstić information content (AvgIpc) is 4.33. The summed E-state index contributed by atoms with van der Waals surface area (Å²) < 4.78 is 103. The molecule has 1 radical (unpaired) electrons. The highest BCUT2D eigenvalue weighted by Gasteiger charge is 2.66. The standard InChI is InChI=1S/C30H40BNO7S.C21H25NO5S.C10H16BO2/c1-20-12-14-23(15-13-20)40(34,35)32-27(29(33)36-4)25(37-19-21-9-6-5-7-10-21)11-8-16-31-38-26-18-22-17-24(28(26)39-31)30(22,2)3;1-4-8-19(27-15-17-9-6-5-7-10-17)20(21(23)26-3)22-28(24,25)18-13-11-16(2)12-14-18;1-9(2)6-4-7(9)10(3)8(5-6)12-11-13-10/h5-7,9-10,12-15,22,24-28,32H,8,11,16-19H2,1-4H3;4-7,9-14,19-20,22H,1,8,15H2,2-3H3;6-8H,4-5H2,1-3H3/t22-,24+,25-,26+,27-,28-;19-,20-;6-,7-,8+,10-/m000/s1. The highest BCUT2D eigenvalue weighted by Crippen LogP contribution is 2.65. The Balaban J connectivity index is 0.000000180. The SMILES string of the molecule is C=CC[C@H](OCc1ccccc1)[C@H](NS(=O)(=O)c1ccc(C)cc1)C(=O)OC.CC1(C)[C@@H]2C[C@H]3O[B]O[C@@]3(C)[C@H]1C2.COC(=O)[C@@H](NS(=O)(=O)c1ccc(C)cc1)[C@H](CCCB1O[C@H]2[C@H]3C[C@@H](C[C@H]2O1)C3(C)C)OCc1ccccc1. The van der Waals surface area contributed by atoms with Crippen molar-refractivity contribution in [1.29, 1.82) is 0 Å². The van der Waals surface area contributed by atoms with E-state index in [1.807, 2.05) is 74.5 Å². The van der Waals surface area contributed by atoms with Crippen LogP contribution in [0.5, 0.6) is 0 Å². The largest absolute Gasteiger partial charge is 0.488 e. The van der Waals surface area contributed by atoms with Gasteiger partial charge in [0, 0.05) is 0 Å². The number of nitrogens with one attached hydrogen (secondary N) is 2. The topological polar surface area (TPSA) is 200 Å². The molecule has 0 aromatic heterocycles. The van der Waals surface area contributed by atoms with Gasteiger partial charge in [-0.05, 0) is 136 Å². The van der Waals surface area contributed by atoms with Gasteiger partial charge in [-0.1, -0.05) is 136 Å². The minimum absolute atomic E-state index is 0.0295. The summed E-state index contributed by atoms with van der Waals surface area (Å²) in [6.07, 6.45) is 7.35. The van der Waals surface area contributed by atoms with Crippen LogP contribution >= 0.6 is 0 Å². The van der Waals surface area contributed by atoms with Crippen molar-refractivity contribution in [3.05, 3.63) is 144 Å². The minimum Gasteiger partial charge on any atom is -0.468 e. The molecule has 8 fully saturated rings. The molecule has 437 valence electrons. The molecule has 6 saturated carbocycles. The van der Waals surface area contributed by atoms with Crippen LogP contribution in [0.25, 0.3) is 0 Å². The third-order valence-corrected chi connectivity index (χ3v) is 21.0. The van der Waals surface area contributed by atoms with Crippen molar-refractivity contribution in [2.24, 2.45) is 34.5 Å². The maximum absolute atomic E-state index is 13.3. The summed E-state index contributed by atoms with van der Waals surface area (Å²) in [5, 5.41) is 0. The van der Waals surface area contributed by atoms with Gasteiger partial charge in [-0.2, -0.15) is 9.44 Å². The van der Waals surface area contributed by atoms with E-state index in [9.17, 15) is 26.4 Å². The third kappa shape index (κ3) is 14.4. The van der Waals surface area contributed by atoms with Crippen LogP contribution in [0.4, 0.5) is 0 Å². The predicted molar refractivity (Wildman–Crippen MR) is 309 cm³/mol. The summed E-state index contributed by atoms with van der Waals surface area (Å²) in [4.78, 5) is 25.4. The van der Waals surface area contributed by atoms with Crippen molar-refractivity contribution in [2.45, 2.75) is 171 Å². The van der Waals surface area contributed by atoms with E-state index in [4.69, 9.17) is 37.6 Å². The van der Waals surface area contributed by atoms with E-state index in [-0.39, 0.29) is 54.4 Å². The number of carbonyl (C=O) groups is 2. The molecule has 2 N–H and O–H groups in total. The Kier molecular flexibility index (Phi) is 20.4. The first kappa shape index (κ1) is 62.3. The van der Waals surface area contributed by atoms with Gasteiger partial charge >= 0.3 is 26.7 Å². The first-order valence-corrected chi connectivity index (χ1v) is 31.2. The molecule has 2 saturated heterocycles. The summed E-state index contributed by atoms with van der Waals surface area (Å²) in [7, 11) is -4.24. The van der Waals surface area contributed by atoms with Gasteiger partial charge in [-0.3, -0.25) is 9.59 Å². The van der Waals surface area contributed by atoms with Crippen molar-refractivity contribution in [1.82, 2.24) is 9.44 Å². The quantitative estimate of drug-likeness (QED) is 0.0429. The molecule has 20 heteroatoms. The number of sulfonamides is 2. The Morgan fingerprint density at radius 2 is 1.20 bits per heavy atom. The zero-order valence-electron chi connectivity index (χ0n) is 48.3. The van der Waals surface area contributed by atoms with Gasteiger partial charge in [0.15, 0.2) is 0 Å². The Bertz CT molecular complexity index is 2970. The van der Waals surface area contributed by atoms with Crippen molar-refractivity contribution in [3.8, 4) is 0 Å². The number of rotatable bonds is 22. The molecule has 4 bridgehead atoms. The lowest BCUT2D eigenvalue weighted by molar-refractivity contribution is -0.199. The molecule has 4 aromatic rings. The Labute approximate surface area is 481 Å².